The highest BCUT2D eigenvalue weighted by molar-refractivity contribution is 14.0. The van der Waals surface area contributed by atoms with Gasteiger partial charge in [0, 0.05) is 51.5 Å². The number of nitrogens with zero attached hydrogens (tertiary/aromatic N) is 4. The number of carbonyl (C=O) groups is 1. The molecule has 6 nitrogen and oxygen atoms in total. The van der Waals surface area contributed by atoms with Crippen LogP contribution in [0.3, 0.4) is 0 Å². The summed E-state index contributed by atoms with van der Waals surface area (Å²) in [5.41, 5.74) is 1.53. The fourth-order valence-electron chi connectivity index (χ4n) is 3.84. The van der Waals surface area contributed by atoms with Crippen LogP contribution in [0.1, 0.15) is 38.3 Å². The van der Waals surface area contributed by atoms with Crippen molar-refractivity contribution < 1.29 is 4.79 Å². The van der Waals surface area contributed by atoms with E-state index in [-0.39, 0.29) is 36.4 Å². The van der Waals surface area contributed by atoms with Crippen LogP contribution < -0.4 is 5.32 Å². The average molecular weight is 485 g/mol. The van der Waals surface area contributed by atoms with Crippen molar-refractivity contribution in [2.75, 3.05) is 39.8 Å². The van der Waals surface area contributed by atoms with Crippen LogP contribution in [0.2, 0.25) is 0 Å². The number of guanidine groups is 1. The van der Waals surface area contributed by atoms with Crippen molar-refractivity contribution in [1.29, 1.82) is 0 Å². The van der Waals surface area contributed by atoms with Gasteiger partial charge in [0.2, 0.25) is 5.91 Å². The van der Waals surface area contributed by atoms with Gasteiger partial charge >= 0.3 is 0 Å². The first-order chi connectivity index (χ1) is 12.6. The molecule has 1 saturated carbocycles. The highest BCUT2D eigenvalue weighted by atomic mass is 127. The van der Waals surface area contributed by atoms with Crippen LogP contribution in [-0.4, -0.2) is 66.4 Å². The monoisotopic (exact) mass is 485 g/mol. The van der Waals surface area contributed by atoms with Gasteiger partial charge in [-0.15, -0.1) is 24.0 Å². The molecule has 1 aromatic rings. The zero-order valence-electron chi connectivity index (χ0n) is 16.5. The number of nitrogens with one attached hydrogen (secondary N) is 1. The number of halogens is 1. The van der Waals surface area contributed by atoms with Gasteiger partial charge in [0.25, 0.3) is 0 Å². The Balaban J connectivity index is 0.00000261. The Morgan fingerprint density at radius 2 is 2.19 bits per heavy atom. The van der Waals surface area contributed by atoms with E-state index in [2.05, 4.69) is 27.1 Å². The van der Waals surface area contributed by atoms with Gasteiger partial charge in [-0.1, -0.05) is 12.5 Å². The van der Waals surface area contributed by atoms with Gasteiger partial charge in [0.15, 0.2) is 5.96 Å². The van der Waals surface area contributed by atoms with Crippen molar-refractivity contribution in [3.8, 4) is 0 Å². The van der Waals surface area contributed by atoms with E-state index in [4.69, 9.17) is 0 Å². The minimum atomic E-state index is 0. The van der Waals surface area contributed by atoms with Crippen molar-refractivity contribution in [1.82, 2.24) is 20.1 Å². The molecule has 27 heavy (non-hydrogen) atoms. The van der Waals surface area contributed by atoms with Crippen LogP contribution in [0.5, 0.6) is 0 Å². The molecular formula is C20H32IN5O. The smallest absolute Gasteiger partial charge is 0.244 e. The van der Waals surface area contributed by atoms with Gasteiger partial charge in [-0.3, -0.25) is 9.78 Å². The fourth-order valence-corrected chi connectivity index (χ4v) is 3.84. The molecule has 1 saturated heterocycles. The summed E-state index contributed by atoms with van der Waals surface area (Å²) in [5.74, 6) is 0.941. The molecule has 0 unspecified atom stereocenters. The number of carbonyl (C=O) groups excluding carboxylic acids is 1. The van der Waals surface area contributed by atoms with E-state index in [1.165, 1.54) is 25.7 Å². The number of likely N-dealkylation sites (tertiary alicyclic amines) is 1. The van der Waals surface area contributed by atoms with E-state index in [0.717, 1.165) is 37.7 Å². The predicted molar refractivity (Wildman–Crippen MR) is 119 cm³/mol. The topological polar surface area (TPSA) is 60.8 Å². The lowest BCUT2D eigenvalue weighted by atomic mass is 9.68. The lowest BCUT2D eigenvalue weighted by Crippen LogP contribution is -2.43. The summed E-state index contributed by atoms with van der Waals surface area (Å²) in [4.78, 5) is 25.4. The Morgan fingerprint density at radius 3 is 2.78 bits per heavy atom. The standard InChI is InChI=1S/C20H31N5O.HI/c1-3-21-19(25-14-11-20(16-25)9-6-10-20)23-15-18(26)24(2)13-8-17-7-4-5-12-22-17;/h4-5,7,12H,3,6,8-11,13-16H2,1-2H3,(H,21,23);1H. The van der Waals surface area contributed by atoms with Crippen molar-refractivity contribution in [3.63, 3.8) is 0 Å². The van der Waals surface area contributed by atoms with Crippen molar-refractivity contribution in [2.45, 2.75) is 39.0 Å². The molecule has 0 atom stereocenters. The number of pyridine rings is 1. The number of hydrogen-bond acceptors (Lipinski definition) is 3. The van der Waals surface area contributed by atoms with Gasteiger partial charge in [0.1, 0.15) is 6.54 Å². The molecule has 1 aliphatic heterocycles. The zero-order chi connectivity index (χ0) is 18.4. The summed E-state index contributed by atoms with van der Waals surface area (Å²) in [6.07, 6.45) is 7.86. The normalized spacial score (nSPS) is 18.0. The second-order valence-corrected chi connectivity index (χ2v) is 7.58. The van der Waals surface area contributed by atoms with Crippen molar-refractivity contribution >= 4 is 35.8 Å². The molecule has 2 fully saturated rings. The van der Waals surface area contributed by atoms with Crippen molar-refractivity contribution in [2.24, 2.45) is 10.4 Å². The zero-order valence-corrected chi connectivity index (χ0v) is 18.8. The van der Waals surface area contributed by atoms with Gasteiger partial charge in [0.05, 0.1) is 0 Å². The van der Waals surface area contributed by atoms with Crippen LogP contribution in [0.15, 0.2) is 29.4 Å². The van der Waals surface area contributed by atoms with E-state index in [1.807, 2.05) is 25.2 Å². The number of rotatable bonds is 6. The number of hydrogen-bond donors (Lipinski definition) is 1. The summed E-state index contributed by atoms with van der Waals surface area (Å²) < 4.78 is 0. The summed E-state index contributed by atoms with van der Waals surface area (Å²) in [6, 6.07) is 5.87. The van der Waals surface area contributed by atoms with Gasteiger partial charge in [-0.05, 0) is 43.7 Å². The first-order valence-electron chi connectivity index (χ1n) is 9.79. The predicted octanol–water partition coefficient (Wildman–Crippen LogP) is 2.54. The summed E-state index contributed by atoms with van der Waals surface area (Å²) in [6.45, 7) is 5.90. The molecule has 150 valence electrons. The Bertz CT molecular complexity index is 633. The molecule has 2 aliphatic rings. The Labute approximate surface area is 179 Å². The minimum absolute atomic E-state index is 0. The second-order valence-electron chi connectivity index (χ2n) is 7.58. The molecule has 3 rings (SSSR count). The molecule has 2 heterocycles. The summed E-state index contributed by atoms with van der Waals surface area (Å²) in [7, 11) is 1.84. The molecular weight excluding hydrogens is 453 g/mol. The molecule has 1 aromatic heterocycles. The molecule has 0 bridgehead atoms. The van der Waals surface area contributed by atoms with Gasteiger partial charge in [-0.2, -0.15) is 0 Å². The number of aromatic nitrogens is 1. The van der Waals surface area contributed by atoms with E-state index in [9.17, 15) is 4.79 Å². The fraction of sp³-hybridized carbons (Fsp3) is 0.650. The molecule has 1 N–H and O–H groups in total. The Morgan fingerprint density at radius 1 is 1.37 bits per heavy atom. The third kappa shape index (κ3) is 5.80. The third-order valence-corrected chi connectivity index (χ3v) is 5.71. The Hall–Kier alpha value is -1.38. The summed E-state index contributed by atoms with van der Waals surface area (Å²) in [5, 5.41) is 3.36. The minimum Gasteiger partial charge on any atom is -0.357 e. The Kier molecular flexibility index (Phi) is 8.31. The molecule has 1 aliphatic carbocycles. The average Bonchev–Trinajstić information content (AvgIpc) is 3.10. The third-order valence-electron chi connectivity index (χ3n) is 5.71. The van der Waals surface area contributed by atoms with Crippen molar-refractivity contribution in [3.05, 3.63) is 30.1 Å². The van der Waals surface area contributed by atoms with E-state index in [0.29, 0.717) is 12.0 Å². The summed E-state index contributed by atoms with van der Waals surface area (Å²) >= 11 is 0. The van der Waals surface area contributed by atoms with Crippen LogP contribution in [0.4, 0.5) is 0 Å². The first-order valence-corrected chi connectivity index (χ1v) is 9.79. The van der Waals surface area contributed by atoms with E-state index < -0.39 is 0 Å². The van der Waals surface area contributed by atoms with Gasteiger partial charge in [-0.25, -0.2) is 4.99 Å². The lowest BCUT2D eigenvalue weighted by molar-refractivity contribution is -0.128. The largest absolute Gasteiger partial charge is 0.357 e. The first kappa shape index (κ1) is 21.9. The van der Waals surface area contributed by atoms with Gasteiger partial charge < -0.3 is 15.1 Å². The molecule has 1 spiro atoms. The quantitative estimate of drug-likeness (QED) is 0.382. The molecule has 0 radical (unpaired) electrons. The van der Waals surface area contributed by atoms with Crippen LogP contribution in [0, 0.1) is 5.41 Å². The lowest BCUT2D eigenvalue weighted by Gasteiger charge is -2.38. The van der Waals surface area contributed by atoms with Crippen LogP contribution in [-0.2, 0) is 11.2 Å². The maximum Gasteiger partial charge on any atom is 0.244 e. The number of amides is 1. The SMILES string of the molecule is CCNC(=NCC(=O)N(C)CCc1ccccn1)N1CCC2(CCC2)C1.I. The second kappa shape index (κ2) is 10.2. The number of likely N-dealkylation sites (N-methyl/N-ethyl adjacent to an activating group) is 1. The highest BCUT2D eigenvalue weighted by Gasteiger charge is 2.43. The number of aliphatic imine (C=N–C) groups is 1. The molecule has 7 heteroatoms. The molecule has 0 aromatic carbocycles. The highest BCUT2D eigenvalue weighted by Crippen LogP contribution is 2.47. The van der Waals surface area contributed by atoms with E-state index in [1.54, 1.807) is 11.1 Å². The van der Waals surface area contributed by atoms with E-state index >= 15 is 0 Å². The van der Waals surface area contributed by atoms with Crippen LogP contribution in [0.25, 0.3) is 0 Å². The maximum atomic E-state index is 12.4. The molecule has 1 amide bonds. The maximum absolute atomic E-state index is 12.4. The van der Waals surface area contributed by atoms with Crippen LogP contribution >= 0.6 is 24.0 Å².